The smallest absolute Gasteiger partial charge is 0.163 e. The van der Waals surface area contributed by atoms with Gasteiger partial charge < -0.3 is 14.8 Å². The summed E-state index contributed by atoms with van der Waals surface area (Å²) in [5.41, 5.74) is 3.60. The van der Waals surface area contributed by atoms with Gasteiger partial charge in [-0.1, -0.05) is 15.9 Å². The van der Waals surface area contributed by atoms with Crippen LogP contribution in [-0.2, 0) is 0 Å². The fourth-order valence-electron chi connectivity index (χ4n) is 2.31. The van der Waals surface area contributed by atoms with E-state index in [2.05, 4.69) is 31.2 Å². The Bertz CT molecular complexity index is 868. The number of nitrogens with one attached hydrogen (secondary N) is 1. The van der Waals surface area contributed by atoms with Crippen molar-refractivity contribution in [1.82, 2.24) is 9.97 Å². The maximum Gasteiger partial charge on any atom is 0.163 e. The quantitative estimate of drug-likeness (QED) is 0.731. The van der Waals surface area contributed by atoms with E-state index in [0.29, 0.717) is 17.3 Å². The molecule has 0 bridgehead atoms. The van der Waals surface area contributed by atoms with E-state index in [1.807, 2.05) is 37.3 Å². The molecule has 0 atom stereocenters. The van der Waals surface area contributed by atoms with Gasteiger partial charge in [0.15, 0.2) is 11.5 Å². The molecule has 1 aromatic heterocycles. The number of hydrogen-bond donors (Lipinski definition) is 1. The molecular weight excluding hydrogens is 358 g/mol. The van der Waals surface area contributed by atoms with E-state index >= 15 is 0 Å². The van der Waals surface area contributed by atoms with Gasteiger partial charge >= 0.3 is 0 Å². The molecule has 118 valence electrons. The summed E-state index contributed by atoms with van der Waals surface area (Å²) in [6, 6.07) is 9.67. The van der Waals surface area contributed by atoms with Crippen LogP contribution >= 0.6 is 15.9 Å². The largest absolute Gasteiger partial charge is 0.493 e. The lowest BCUT2D eigenvalue weighted by Gasteiger charge is -2.11. The average Bonchev–Trinajstić information content (AvgIpc) is 2.56. The zero-order valence-electron chi connectivity index (χ0n) is 13.1. The molecule has 0 saturated heterocycles. The lowest BCUT2D eigenvalue weighted by atomic mass is 10.2. The first-order valence-electron chi connectivity index (χ1n) is 7.02. The minimum atomic E-state index is 0.631. The second kappa shape index (κ2) is 6.42. The van der Waals surface area contributed by atoms with Crippen LogP contribution in [0.4, 0.5) is 11.5 Å². The Morgan fingerprint density at radius 3 is 2.35 bits per heavy atom. The molecule has 3 rings (SSSR count). The van der Waals surface area contributed by atoms with Gasteiger partial charge in [0, 0.05) is 22.3 Å². The molecular formula is C17H16BrN3O2. The van der Waals surface area contributed by atoms with Crippen molar-refractivity contribution in [3.05, 3.63) is 46.6 Å². The van der Waals surface area contributed by atoms with Crippen molar-refractivity contribution < 1.29 is 9.47 Å². The molecule has 0 saturated carbocycles. The van der Waals surface area contributed by atoms with Crippen molar-refractivity contribution in [2.75, 3.05) is 19.5 Å². The molecule has 5 nitrogen and oxygen atoms in total. The van der Waals surface area contributed by atoms with Crippen molar-refractivity contribution in [1.29, 1.82) is 0 Å². The van der Waals surface area contributed by atoms with E-state index < -0.39 is 0 Å². The Labute approximate surface area is 142 Å². The number of rotatable bonds is 4. The summed E-state index contributed by atoms with van der Waals surface area (Å²) in [6.07, 6.45) is 1.70. The highest BCUT2D eigenvalue weighted by atomic mass is 79.9. The molecule has 0 aliphatic rings. The number of nitrogens with zero attached hydrogens (tertiary/aromatic N) is 2. The van der Waals surface area contributed by atoms with Crippen LogP contribution in [0.25, 0.3) is 11.0 Å². The second-order valence-corrected chi connectivity index (χ2v) is 5.95. The van der Waals surface area contributed by atoms with Gasteiger partial charge in [0.25, 0.3) is 0 Å². The lowest BCUT2D eigenvalue weighted by Crippen LogP contribution is -1.98. The first-order chi connectivity index (χ1) is 11.1. The molecule has 3 aromatic rings. The molecule has 1 N–H and O–H groups in total. The first-order valence-corrected chi connectivity index (χ1v) is 7.82. The van der Waals surface area contributed by atoms with Gasteiger partial charge in [0.05, 0.1) is 31.4 Å². The Hall–Kier alpha value is -2.34. The van der Waals surface area contributed by atoms with E-state index in [1.165, 1.54) is 0 Å². The summed E-state index contributed by atoms with van der Waals surface area (Å²) in [5.74, 6) is 1.94. The summed E-state index contributed by atoms with van der Waals surface area (Å²) >= 11 is 3.46. The van der Waals surface area contributed by atoms with E-state index in [4.69, 9.17) is 9.47 Å². The Balaban J connectivity index is 1.99. The molecule has 1 heterocycles. The Morgan fingerprint density at radius 2 is 1.70 bits per heavy atom. The predicted octanol–water partition coefficient (Wildman–Crippen LogP) is 4.46. The van der Waals surface area contributed by atoms with Crippen molar-refractivity contribution in [2.24, 2.45) is 0 Å². The normalized spacial score (nSPS) is 10.6. The molecule has 0 fully saturated rings. The second-order valence-electron chi connectivity index (χ2n) is 5.04. The highest BCUT2D eigenvalue weighted by molar-refractivity contribution is 9.10. The number of aryl methyl sites for hydroxylation is 1. The van der Waals surface area contributed by atoms with Crippen LogP contribution < -0.4 is 14.8 Å². The van der Waals surface area contributed by atoms with Crippen LogP contribution in [0, 0.1) is 6.92 Å². The summed E-state index contributed by atoms with van der Waals surface area (Å²) in [4.78, 5) is 9.04. The maximum atomic E-state index is 5.32. The summed E-state index contributed by atoms with van der Waals surface area (Å²) in [5, 5.41) is 3.29. The van der Waals surface area contributed by atoms with Gasteiger partial charge in [-0.3, -0.25) is 4.98 Å². The topological polar surface area (TPSA) is 56.3 Å². The molecule has 0 aliphatic heterocycles. The van der Waals surface area contributed by atoms with Gasteiger partial charge in [-0.05, 0) is 30.7 Å². The van der Waals surface area contributed by atoms with Crippen LogP contribution in [0.15, 0.2) is 41.0 Å². The van der Waals surface area contributed by atoms with Crippen molar-refractivity contribution in [2.45, 2.75) is 6.92 Å². The zero-order valence-corrected chi connectivity index (χ0v) is 14.6. The van der Waals surface area contributed by atoms with Gasteiger partial charge in [0.1, 0.15) is 5.82 Å². The van der Waals surface area contributed by atoms with Crippen molar-refractivity contribution in [3.8, 4) is 11.5 Å². The number of hydrogen-bond acceptors (Lipinski definition) is 5. The van der Waals surface area contributed by atoms with Crippen LogP contribution in [0.3, 0.4) is 0 Å². The molecule has 0 radical (unpaired) electrons. The monoisotopic (exact) mass is 373 g/mol. The average molecular weight is 374 g/mol. The van der Waals surface area contributed by atoms with E-state index in [-0.39, 0.29) is 0 Å². The number of anilines is 2. The molecule has 0 aliphatic carbocycles. The third kappa shape index (κ3) is 3.22. The molecule has 2 aromatic carbocycles. The third-order valence-corrected chi connectivity index (χ3v) is 3.99. The highest BCUT2D eigenvalue weighted by Crippen LogP contribution is 2.31. The van der Waals surface area contributed by atoms with Crippen LogP contribution in [0.5, 0.6) is 11.5 Å². The number of fused-ring (bicyclic) bond motifs is 1. The predicted molar refractivity (Wildman–Crippen MR) is 94.8 cm³/mol. The molecule has 0 spiro atoms. The van der Waals surface area contributed by atoms with Crippen LogP contribution in [-0.4, -0.2) is 24.2 Å². The van der Waals surface area contributed by atoms with Crippen LogP contribution in [0.1, 0.15) is 5.56 Å². The molecule has 0 unspecified atom stereocenters. The Kier molecular flexibility index (Phi) is 4.34. The highest BCUT2D eigenvalue weighted by Gasteiger charge is 2.09. The molecule has 23 heavy (non-hydrogen) atoms. The summed E-state index contributed by atoms with van der Waals surface area (Å²) in [6.45, 7) is 2.04. The lowest BCUT2D eigenvalue weighted by molar-refractivity contribution is 0.355. The maximum absolute atomic E-state index is 5.32. The third-order valence-electron chi connectivity index (χ3n) is 3.50. The number of benzene rings is 2. The number of aromatic nitrogens is 2. The van der Waals surface area contributed by atoms with Gasteiger partial charge in [0.2, 0.25) is 0 Å². The number of ether oxygens (including phenoxy) is 2. The fraction of sp³-hybridized carbons (Fsp3) is 0.176. The zero-order chi connectivity index (χ0) is 16.4. The summed E-state index contributed by atoms with van der Waals surface area (Å²) < 4.78 is 11.6. The minimum Gasteiger partial charge on any atom is -0.493 e. The number of methoxy groups -OCH3 is 2. The van der Waals surface area contributed by atoms with Crippen LogP contribution in [0.2, 0.25) is 0 Å². The van der Waals surface area contributed by atoms with Crippen molar-refractivity contribution in [3.63, 3.8) is 0 Å². The van der Waals surface area contributed by atoms with E-state index in [9.17, 15) is 0 Å². The van der Waals surface area contributed by atoms with E-state index in [0.717, 1.165) is 26.8 Å². The summed E-state index contributed by atoms with van der Waals surface area (Å²) in [7, 11) is 3.20. The standard InChI is InChI=1S/C17H16BrN3O2/c1-10-6-11(18)4-5-12(10)20-17-9-19-13-7-15(22-2)16(23-3)8-14(13)21-17/h4-9H,1-3H3,(H,20,21). The fourth-order valence-corrected chi connectivity index (χ4v) is 2.78. The van der Waals surface area contributed by atoms with Crippen molar-refractivity contribution >= 4 is 38.5 Å². The first kappa shape index (κ1) is 15.6. The molecule has 6 heteroatoms. The van der Waals surface area contributed by atoms with Gasteiger partial charge in [-0.25, -0.2) is 4.98 Å². The number of halogens is 1. The SMILES string of the molecule is COc1cc2ncc(Nc3ccc(Br)cc3C)nc2cc1OC. The van der Waals surface area contributed by atoms with Gasteiger partial charge in [-0.2, -0.15) is 0 Å². The molecule has 0 amide bonds. The van der Waals surface area contributed by atoms with E-state index in [1.54, 1.807) is 20.4 Å². The Morgan fingerprint density at radius 1 is 1.00 bits per heavy atom. The minimum absolute atomic E-state index is 0.631. The van der Waals surface area contributed by atoms with Gasteiger partial charge in [-0.15, -0.1) is 0 Å².